The van der Waals surface area contributed by atoms with Gasteiger partial charge in [-0.15, -0.1) is 0 Å². The number of aromatic hydroxyl groups is 1. The van der Waals surface area contributed by atoms with E-state index in [2.05, 4.69) is 42.2 Å². The first kappa shape index (κ1) is 62.5. The van der Waals surface area contributed by atoms with E-state index >= 15 is 0 Å². The molecular weight excluding hydrogens is 973 g/mol. The third kappa shape index (κ3) is 20.5. The van der Waals surface area contributed by atoms with E-state index in [4.69, 9.17) is 28.7 Å². The Kier molecular flexibility index (Phi) is 25.7. The predicted molar refractivity (Wildman–Crippen MR) is 265 cm³/mol. The number of rotatable bonds is 31. The number of aliphatic imine (C=N–C) groups is 1. The Balaban J connectivity index is 2.44. The summed E-state index contributed by atoms with van der Waals surface area (Å²) in [6.07, 6.45) is -1.08. The molecule has 0 spiro atoms. The van der Waals surface area contributed by atoms with Crippen LogP contribution in [0, 0.1) is 11.8 Å². The molecule has 10 atom stereocenters. The monoisotopic (exact) mass is 1050 g/mol. The predicted octanol–water partition coefficient (Wildman–Crippen LogP) is -5.36. The Bertz CT molecular complexity index is 2190. The number of nitrogens with zero attached hydrogens (tertiary/aromatic N) is 2. The van der Waals surface area contributed by atoms with Crippen LogP contribution in [0.5, 0.6) is 5.75 Å². The summed E-state index contributed by atoms with van der Waals surface area (Å²) < 4.78 is 0. The molecular formula is C46H74N14O14. The van der Waals surface area contributed by atoms with Gasteiger partial charge >= 0.3 is 5.97 Å². The van der Waals surface area contributed by atoms with Crippen molar-refractivity contribution in [1.29, 1.82) is 0 Å². The van der Waals surface area contributed by atoms with Gasteiger partial charge in [-0.05, 0) is 68.6 Å². The van der Waals surface area contributed by atoms with Crippen LogP contribution < -0.4 is 65.9 Å². The van der Waals surface area contributed by atoms with E-state index in [0.717, 1.165) is 0 Å². The van der Waals surface area contributed by atoms with Gasteiger partial charge in [-0.1, -0.05) is 46.2 Å². The molecule has 28 nitrogen and oxygen atoms in total. The largest absolute Gasteiger partial charge is 0.508 e. The van der Waals surface area contributed by atoms with Gasteiger partial charge in [0, 0.05) is 25.9 Å². The number of carbonyl (C=O) groups excluding carboxylic acids is 10. The molecule has 1 saturated heterocycles. The maximum Gasteiger partial charge on any atom is 0.326 e. The van der Waals surface area contributed by atoms with Crippen molar-refractivity contribution in [3.63, 3.8) is 0 Å². The number of likely N-dealkylation sites (tertiary alicyclic amines) is 1. The smallest absolute Gasteiger partial charge is 0.326 e. The number of hydrogen-bond acceptors (Lipinski definition) is 15. The number of phenolic OH excluding ortho intramolecular Hbond substituents is 1. The third-order valence-electron chi connectivity index (χ3n) is 12.1. The third-order valence-corrected chi connectivity index (χ3v) is 12.1. The topological polar surface area (TPSA) is 478 Å². The molecule has 1 heterocycles. The summed E-state index contributed by atoms with van der Waals surface area (Å²) >= 11 is 0. The van der Waals surface area contributed by atoms with Crippen LogP contribution in [0.1, 0.15) is 91.5 Å². The van der Waals surface area contributed by atoms with E-state index in [0.29, 0.717) is 18.4 Å². The Hall–Kier alpha value is -7.62. The second-order valence-electron chi connectivity index (χ2n) is 18.4. The van der Waals surface area contributed by atoms with Crippen LogP contribution in [-0.4, -0.2) is 165 Å². The minimum absolute atomic E-state index is 0.00184. The molecule has 0 aromatic heterocycles. The molecule has 0 radical (unpaired) electrons. The number of carboxylic acids is 1. The van der Waals surface area contributed by atoms with Crippen LogP contribution in [0.25, 0.3) is 0 Å². The summed E-state index contributed by atoms with van der Waals surface area (Å²) in [5.74, 6) is -11.8. The van der Waals surface area contributed by atoms with Crippen molar-refractivity contribution in [2.75, 3.05) is 19.7 Å². The lowest BCUT2D eigenvalue weighted by atomic mass is 9.97. The van der Waals surface area contributed by atoms with Crippen molar-refractivity contribution in [2.24, 2.45) is 45.5 Å². The molecule has 74 heavy (non-hydrogen) atoms. The maximum absolute atomic E-state index is 14.6. The zero-order valence-electron chi connectivity index (χ0n) is 42.3. The quantitative estimate of drug-likeness (QED) is 0.0188. The molecule has 412 valence electrons. The summed E-state index contributed by atoms with van der Waals surface area (Å²) in [6.45, 7) is 7.08. The van der Waals surface area contributed by atoms with Gasteiger partial charge < -0.3 is 86.1 Å². The standard InChI is InChI=1S/C46H74N14O14/c1-6-23(4)36(43(71)53-24(5)37(65)55-28(45(73)74)15-16-33(47)63)59-41(69)32-10-8-18-60(32)44(72)30(19-25-11-13-26(62)14-12-25)57-39(67)29(20-34(48)64)56-38(66)27(9-7-17-52-46(50)51)54-40(68)31(21-61)58-42(70)35(49)22(2)3/h11-14,22-24,27-32,35-36,61-62H,6-10,15-21,49H2,1-5H3,(H2,47,63)(H2,48,64)(H,53,71)(H,54,68)(H,55,65)(H,56,66)(H,57,67)(H,58,70)(H,59,69)(H,73,74)(H4,50,51,52)/t23-,24-,27-,28-,29-,30-,31-,32-,35-,36-/m0/s1. The second kappa shape index (κ2) is 30.4. The van der Waals surface area contributed by atoms with E-state index in [1.165, 1.54) is 36.1 Å². The van der Waals surface area contributed by atoms with Crippen molar-refractivity contribution >= 4 is 71.0 Å². The van der Waals surface area contributed by atoms with E-state index in [1.807, 2.05) is 0 Å². The zero-order valence-corrected chi connectivity index (χ0v) is 42.3. The summed E-state index contributed by atoms with van der Waals surface area (Å²) in [6, 6.07) is -7.13. The zero-order chi connectivity index (χ0) is 56.0. The van der Waals surface area contributed by atoms with Gasteiger partial charge in [0.2, 0.25) is 59.1 Å². The van der Waals surface area contributed by atoms with E-state index in [-0.39, 0.29) is 69.2 Å². The molecule has 0 unspecified atom stereocenters. The Labute approximate surface area is 427 Å². The van der Waals surface area contributed by atoms with Crippen molar-refractivity contribution in [1.82, 2.24) is 42.1 Å². The molecule has 0 aliphatic carbocycles. The fourth-order valence-corrected chi connectivity index (χ4v) is 7.50. The van der Waals surface area contributed by atoms with Crippen LogP contribution in [0.4, 0.5) is 0 Å². The van der Waals surface area contributed by atoms with Crippen molar-refractivity contribution < 1.29 is 68.1 Å². The molecule has 20 N–H and O–H groups in total. The normalized spacial score (nSPS) is 16.8. The molecule has 0 saturated carbocycles. The number of carbonyl (C=O) groups is 11. The number of aliphatic hydroxyl groups is 1. The lowest BCUT2D eigenvalue weighted by Gasteiger charge is -2.32. The van der Waals surface area contributed by atoms with Crippen LogP contribution >= 0.6 is 0 Å². The minimum atomic E-state index is -1.79. The van der Waals surface area contributed by atoms with Gasteiger partial charge in [0.25, 0.3) is 0 Å². The average molecular weight is 1050 g/mol. The summed E-state index contributed by atoms with van der Waals surface area (Å²) in [7, 11) is 0. The number of benzene rings is 1. The van der Waals surface area contributed by atoms with E-state index < -0.39 is 138 Å². The molecule has 10 amide bonds. The summed E-state index contributed by atoms with van der Waals surface area (Å²) in [5, 5.41) is 46.6. The number of aliphatic carboxylic acids is 1. The number of hydrogen-bond donors (Lipinski definition) is 15. The molecule has 1 aliphatic heterocycles. The van der Waals surface area contributed by atoms with E-state index in [9.17, 15) is 68.1 Å². The minimum Gasteiger partial charge on any atom is -0.508 e. The highest BCUT2D eigenvalue weighted by Gasteiger charge is 2.41. The molecule has 1 aromatic carbocycles. The first-order chi connectivity index (χ1) is 34.7. The summed E-state index contributed by atoms with van der Waals surface area (Å²) in [5.41, 5.74) is 27.8. The van der Waals surface area contributed by atoms with Gasteiger partial charge in [0.15, 0.2) is 5.96 Å². The highest BCUT2D eigenvalue weighted by molar-refractivity contribution is 5.99. The molecule has 1 aliphatic rings. The molecule has 2 rings (SSSR count). The van der Waals surface area contributed by atoms with Gasteiger partial charge in [0.1, 0.15) is 54.1 Å². The first-order valence-corrected chi connectivity index (χ1v) is 24.1. The Morgan fingerprint density at radius 3 is 1.82 bits per heavy atom. The van der Waals surface area contributed by atoms with Crippen molar-refractivity contribution in [3.05, 3.63) is 29.8 Å². The Morgan fingerprint density at radius 2 is 1.27 bits per heavy atom. The maximum atomic E-state index is 14.6. The van der Waals surface area contributed by atoms with Crippen LogP contribution in [0.15, 0.2) is 29.3 Å². The number of phenols is 1. The Morgan fingerprint density at radius 1 is 0.703 bits per heavy atom. The fraction of sp³-hybridized carbons (Fsp3) is 0.609. The van der Waals surface area contributed by atoms with Gasteiger partial charge in [-0.3, -0.25) is 52.9 Å². The van der Waals surface area contributed by atoms with Crippen molar-refractivity contribution in [3.8, 4) is 5.75 Å². The van der Waals surface area contributed by atoms with E-state index in [1.54, 1.807) is 27.7 Å². The molecule has 1 fully saturated rings. The number of primary amides is 2. The second-order valence-corrected chi connectivity index (χ2v) is 18.4. The van der Waals surface area contributed by atoms with Gasteiger partial charge in [-0.25, -0.2) is 4.79 Å². The van der Waals surface area contributed by atoms with Gasteiger partial charge in [0.05, 0.1) is 19.1 Å². The van der Waals surface area contributed by atoms with Crippen LogP contribution in [-0.2, 0) is 59.2 Å². The number of nitrogens with one attached hydrogen (secondary N) is 7. The molecule has 28 heteroatoms. The first-order valence-electron chi connectivity index (χ1n) is 24.1. The SMILES string of the molecule is CC[C@H](C)[C@H](NC(=O)[C@@H]1CCCN1C(=O)[C@H](Cc1ccc(O)cc1)NC(=O)[C@H](CC(N)=O)NC(=O)[C@H](CCCN=C(N)N)NC(=O)[C@H](CO)NC(=O)[C@@H](N)C(C)C)C(=O)N[C@@H](C)C(=O)N[C@@H](CCC(N)=O)C(=O)O. The fourth-order valence-electron chi connectivity index (χ4n) is 7.50. The number of aliphatic hydroxyl groups excluding tert-OH is 1. The lowest BCUT2D eigenvalue weighted by molar-refractivity contribution is -0.143. The highest BCUT2D eigenvalue weighted by Crippen LogP contribution is 2.22. The lowest BCUT2D eigenvalue weighted by Crippen LogP contribution is -2.61. The molecule has 0 bridgehead atoms. The highest BCUT2D eigenvalue weighted by atomic mass is 16.4. The number of carboxylic acid groups (broad SMARTS) is 1. The number of guanidine groups is 1. The van der Waals surface area contributed by atoms with Crippen LogP contribution in [0.3, 0.4) is 0 Å². The summed E-state index contributed by atoms with van der Waals surface area (Å²) in [4.78, 5) is 150. The van der Waals surface area contributed by atoms with Crippen molar-refractivity contribution in [2.45, 2.75) is 147 Å². The number of nitrogens with two attached hydrogens (primary N) is 5. The molecule has 1 aromatic rings. The number of amides is 10. The van der Waals surface area contributed by atoms with Crippen LogP contribution in [0.2, 0.25) is 0 Å². The average Bonchev–Trinajstić information content (AvgIpc) is 3.83. The van der Waals surface area contributed by atoms with Gasteiger partial charge in [-0.2, -0.15) is 0 Å².